The Morgan fingerprint density at radius 3 is 2.57 bits per heavy atom. The molecule has 21 heavy (non-hydrogen) atoms. The maximum absolute atomic E-state index is 12.3. The Kier molecular flexibility index (Phi) is 5.91. The van der Waals surface area contributed by atoms with E-state index in [4.69, 9.17) is 11.6 Å². The zero-order valence-electron chi connectivity index (χ0n) is 12.6. The lowest BCUT2D eigenvalue weighted by molar-refractivity contribution is 0.0799. The van der Waals surface area contributed by atoms with E-state index in [2.05, 4.69) is 46.9 Å². The van der Waals surface area contributed by atoms with Crippen molar-refractivity contribution >= 4 is 40.1 Å². The van der Waals surface area contributed by atoms with E-state index in [1.165, 1.54) is 19.3 Å². The summed E-state index contributed by atoms with van der Waals surface area (Å²) in [5.74, 6) is -0.0416. The lowest BCUT2D eigenvalue weighted by Gasteiger charge is -2.43. The second-order valence-corrected chi connectivity index (χ2v) is 7.56. The number of hydrogen-bond donors (Lipinski definition) is 1. The van der Waals surface area contributed by atoms with Gasteiger partial charge in [-0.3, -0.25) is 4.79 Å². The topological polar surface area (TPSA) is 32.3 Å². The van der Waals surface area contributed by atoms with Gasteiger partial charge in [0.1, 0.15) is 0 Å². The van der Waals surface area contributed by atoms with E-state index in [-0.39, 0.29) is 11.4 Å². The highest BCUT2D eigenvalue weighted by atomic mass is 127. The molecule has 0 unspecified atom stereocenters. The molecule has 5 heteroatoms. The molecule has 1 aromatic rings. The van der Waals surface area contributed by atoms with Crippen LogP contribution in [0.2, 0.25) is 5.02 Å². The van der Waals surface area contributed by atoms with Crippen molar-refractivity contribution in [2.24, 2.45) is 0 Å². The van der Waals surface area contributed by atoms with Crippen molar-refractivity contribution in [2.45, 2.75) is 37.6 Å². The van der Waals surface area contributed by atoms with Gasteiger partial charge < -0.3 is 10.2 Å². The predicted molar refractivity (Wildman–Crippen MR) is 96.0 cm³/mol. The van der Waals surface area contributed by atoms with Crippen LogP contribution in [-0.4, -0.2) is 37.0 Å². The molecule has 0 bridgehead atoms. The molecule has 1 aliphatic carbocycles. The molecule has 0 atom stereocenters. The number of hydrogen-bond acceptors (Lipinski definition) is 2. The molecule has 0 aliphatic heterocycles. The normalized spacial score (nSPS) is 17.8. The van der Waals surface area contributed by atoms with Crippen LogP contribution in [0.25, 0.3) is 0 Å². The van der Waals surface area contributed by atoms with Gasteiger partial charge in [-0.2, -0.15) is 0 Å². The summed E-state index contributed by atoms with van der Waals surface area (Å²) in [5.41, 5.74) is 0.728. The van der Waals surface area contributed by atoms with Gasteiger partial charge >= 0.3 is 0 Å². The fourth-order valence-corrected chi connectivity index (χ4v) is 3.49. The van der Waals surface area contributed by atoms with Gasteiger partial charge in [0.15, 0.2) is 0 Å². The highest BCUT2D eigenvalue weighted by Crippen LogP contribution is 2.31. The fourth-order valence-electron chi connectivity index (χ4n) is 2.98. The standard InChI is InChI=1S/C16H22ClIN2O/c1-20(2)16(8-4-3-5-9-16)11-19-15(21)12-6-7-14(18)13(17)10-12/h6-7,10H,3-5,8-9,11H2,1-2H3,(H,19,21). The second kappa shape index (κ2) is 7.29. The van der Waals surface area contributed by atoms with E-state index in [1.807, 2.05) is 12.1 Å². The van der Waals surface area contributed by atoms with Crippen molar-refractivity contribution in [1.82, 2.24) is 10.2 Å². The Hall–Kier alpha value is -0.330. The first-order chi connectivity index (χ1) is 9.94. The minimum Gasteiger partial charge on any atom is -0.350 e. The molecule has 3 nitrogen and oxygen atoms in total. The van der Waals surface area contributed by atoms with Crippen LogP contribution in [0.4, 0.5) is 0 Å². The SMILES string of the molecule is CN(C)C1(CNC(=O)c2ccc(I)c(Cl)c2)CCCCC1. The number of likely N-dealkylation sites (N-methyl/N-ethyl adjacent to an activating group) is 1. The first-order valence-electron chi connectivity index (χ1n) is 7.35. The van der Waals surface area contributed by atoms with Crippen LogP contribution in [-0.2, 0) is 0 Å². The van der Waals surface area contributed by atoms with E-state index in [1.54, 1.807) is 6.07 Å². The number of carbonyl (C=O) groups is 1. The number of carbonyl (C=O) groups excluding carboxylic acids is 1. The lowest BCUT2D eigenvalue weighted by atomic mass is 9.80. The quantitative estimate of drug-likeness (QED) is 0.748. The molecule has 1 N–H and O–H groups in total. The molecule has 0 spiro atoms. The van der Waals surface area contributed by atoms with Crippen molar-refractivity contribution in [3.8, 4) is 0 Å². The molecule has 0 saturated heterocycles. The number of halogens is 2. The molecule has 1 aliphatic rings. The van der Waals surface area contributed by atoms with Crippen LogP contribution in [0.15, 0.2) is 18.2 Å². The van der Waals surface area contributed by atoms with Crippen molar-refractivity contribution in [1.29, 1.82) is 0 Å². The number of rotatable bonds is 4. The Morgan fingerprint density at radius 1 is 1.33 bits per heavy atom. The van der Waals surface area contributed by atoms with Gasteiger partial charge in [0.25, 0.3) is 5.91 Å². The Labute approximate surface area is 145 Å². The van der Waals surface area contributed by atoms with E-state index < -0.39 is 0 Å². The largest absolute Gasteiger partial charge is 0.350 e. The number of nitrogens with zero attached hydrogens (tertiary/aromatic N) is 1. The molecule has 1 fully saturated rings. The smallest absolute Gasteiger partial charge is 0.251 e. The molecule has 0 radical (unpaired) electrons. The third-order valence-corrected chi connectivity index (χ3v) is 6.06. The summed E-state index contributed by atoms with van der Waals surface area (Å²) >= 11 is 8.25. The van der Waals surface area contributed by atoms with E-state index in [0.717, 1.165) is 16.4 Å². The summed E-state index contributed by atoms with van der Waals surface area (Å²) in [4.78, 5) is 14.6. The molecule has 1 aromatic carbocycles. The summed E-state index contributed by atoms with van der Waals surface area (Å²) in [5, 5.41) is 3.72. The van der Waals surface area contributed by atoms with Gasteiger partial charge in [-0.1, -0.05) is 30.9 Å². The minimum atomic E-state index is -0.0416. The van der Waals surface area contributed by atoms with Gasteiger partial charge in [0.2, 0.25) is 0 Å². The van der Waals surface area contributed by atoms with Gasteiger partial charge in [-0.15, -0.1) is 0 Å². The van der Waals surface area contributed by atoms with E-state index >= 15 is 0 Å². The van der Waals surface area contributed by atoms with Crippen LogP contribution in [0, 0.1) is 3.57 Å². The van der Waals surface area contributed by atoms with Gasteiger partial charge in [-0.25, -0.2) is 0 Å². The molecule has 0 aromatic heterocycles. The van der Waals surface area contributed by atoms with Gasteiger partial charge in [0, 0.05) is 21.2 Å². The summed E-state index contributed by atoms with van der Waals surface area (Å²) in [6.07, 6.45) is 6.07. The highest BCUT2D eigenvalue weighted by Gasteiger charge is 2.34. The number of amides is 1. The molecular formula is C16H22ClIN2O. The van der Waals surface area contributed by atoms with Crippen molar-refractivity contribution in [3.05, 3.63) is 32.4 Å². The lowest BCUT2D eigenvalue weighted by Crippen LogP contribution is -2.53. The zero-order chi connectivity index (χ0) is 15.5. The molecule has 0 heterocycles. The summed E-state index contributed by atoms with van der Waals surface area (Å²) in [6.45, 7) is 0.697. The fraction of sp³-hybridized carbons (Fsp3) is 0.562. The number of benzene rings is 1. The average molecular weight is 421 g/mol. The van der Waals surface area contributed by atoms with Crippen molar-refractivity contribution in [3.63, 3.8) is 0 Å². The summed E-state index contributed by atoms with van der Waals surface area (Å²) in [6, 6.07) is 5.44. The number of nitrogens with one attached hydrogen (secondary N) is 1. The molecule has 1 amide bonds. The minimum absolute atomic E-state index is 0.0416. The maximum atomic E-state index is 12.3. The Morgan fingerprint density at radius 2 is 2.00 bits per heavy atom. The summed E-state index contributed by atoms with van der Waals surface area (Å²) in [7, 11) is 4.22. The third kappa shape index (κ3) is 4.11. The zero-order valence-corrected chi connectivity index (χ0v) is 15.5. The Balaban J connectivity index is 2.03. The Bertz CT molecular complexity index is 513. The third-order valence-electron chi connectivity index (χ3n) is 4.49. The van der Waals surface area contributed by atoms with Crippen LogP contribution in [0.5, 0.6) is 0 Å². The van der Waals surface area contributed by atoms with E-state index in [9.17, 15) is 4.79 Å². The molecular weight excluding hydrogens is 399 g/mol. The van der Waals surface area contributed by atoms with Crippen LogP contribution in [0.3, 0.4) is 0 Å². The van der Waals surface area contributed by atoms with Crippen LogP contribution >= 0.6 is 34.2 Å². The molecule has 116 valence electrons. The van der Waals surface area contributed by atoms with E-state index in [0.29, 0.717) is 17.1 Å². The van der Waals surface area contributed by atoms with Crippen LogP contribution < -0.4 is 5.32 Å². The predicted octanol–water partition coefficient (Wildman–Crippen LogP) is 3.94. The summed E-state index contributed by atoms with van der Waals surface area (Å²) < 4.78 is 0.961. The first kappa shape index (κ1) is 17.0. The molecule has 2 rings (SSSR count). The highest BCUT2D eigenvalue weighted by molar-refractivity contribution is 14.1. The van der Waals surface area contributed by atoms with Gasteiger partial charge in [-0.05, 0) is 67.7 Å². The average Bonchev–Trinajstić information content (AvgIpc) is 2.48. The van der Waals surface area contributed by atoms with Gasteiger partial charge in [0.05, 0.1) is 5.02 Å². The second-order valence-electron chi connectivity index (χ2n) is 5.99. The van der Waals surface area contributed by atoms with Crippen molar-refractivity contribution in [2.75, 3.05) is 20.6 Å². The van der Waals surface area contributed by atoms with Crippen LogP contribution in [0.1, 0.15) is 42.5 Å². The first-order valence-corrected chi connectivity index (χ1v) is 8.81. The monoisotopic (exact) mass is 420 g/mol. The maximum Gasteiger partial charge on any atom is 0.251 e. The molecule has 1 saturated carbocycles. The van der Waals surface area contributed by atoms with Crippen molar-refractivity contribution < 1.29 is 4.79 Å².